The number of hydrogen-bond donors (Lipinski definition) is 0. The Bertz CT molecular complexity index is 358. The van der Waals surface area contributed by atoms with E-state index in [9.17, 15) is 8.78 Å². The predicted octanol–water partition coefficient (Wildman–Crippen LogP) is 3.23. The maximum atomic E-state index is 12.3. The molecular weight excluding hydrogens is 226 g/mol. The van der Waals surface area contributed by atoms with Crippen molar-refractivity contribution in [3.63, 3.8) is 0 Å². The number of oxazole rings is 1. The number of nitrogens with zero attached hydrogens (tertiary/aromatic N) is 2. The van der Waals surface area contributed by atoms with Gasteiger partial charge in [-0.15, -0.1) is 0 Å². The molecule has 0 aliphatic carbocycles. The highest BCUT2D eigenvalue weighted by atomic mass is 19.3. The minimum Gasteiger partial charge on any atom is -0.443 e. The molecule has 0 aliphatic rings. The molecule has 0 amide bonds. The van der Waals surface area contributed by atoms with Crippen molar-refractivity contribution in [3.05, 3.63) is 17.8 Å². The second kappa shape index (κ2) is 5.12. The van der Waals surface area contributed by atoms with Gasteiger partial charge in [0.1, 0.15) is 5.76 Å². The monoisotopic (exact) mass is 246 g/mol. The topological polar surface area (TPSA) is 29.3 Å². The molecule has 1 rings (SSSR count). The van der Waals surface area contributed by atoms with Crippen molar-refractivity contribution in [1.29, 1.82) is 0 Å². The third-order valence-corrected chi connectivity index (χ3v) is 2.71. The van der Waals surface area contributed by atoms with Gasteiger partial charge in [0.15, 0.2) is 0 Å². The summed E-state index contributed by atoms with van der Waals surface area (Å²) in [5.41, 5.74) is -0.119. The summed E-state index contributed by atoms with van der Waals surface area (Å²) in [5.74, 6) is 1.25. The fourth-order valence-corrected chi connectivity index (χ4v) is 1.39. The third-order valence-electron chi connectivity index (χ3n) is 2.71. The molecule has 1 heterocycles. The molecule has 1 aromatic heterocycles. The van der Waals surface area contributed by atoms with Crippen molar-refractivity contribution in [2.24, 2.45) is 0 Å². The first-order valence-electron chi connectivity index (χ1n) is 5.66. The van der Waals surface area contributed by atoms with Crippen molar-refractivity contribution in [2.45, 2.75) is 45.6 Å². The highest BCUT2D eigenvalue weighted by Crippen LogP contribution is 2.26. The van der Waals surface area contributed by atoms with Crippen LogP contribution in [0, 0.1) is 0 Å². The molecule has 0 N–H and O–H groups in total. The van der Waals surface area contributed by atoms with Crippen LogP contribution in [-0.4, -0.2) is 29.9 Å². The van der Waals surface area contributed by atoms with Gasteiger partial charge in [0.05, 0.1) is 18.8 Å². The summed E-state index contributed by atoms with van der Waals surface area (Å²) in [4.78, 5) is 5.69. The van der Waals surface area contributed by atoms with Crippen LogP contribution in [0.3, 0.4) is 0 Å². The van der Waals surface area contributed by atoms with Gasteiger partial charge in [-0.3, -0.25) is 4.90 Å². The molecule has 0 unspecified atom stereocenters. The molecule has 0 spiro atoms. The fraction of sp³-hybridized carbons (Fsp3) is 0.750. The summed E-state index contributed by atoms with van der Waals surface area (Å²) in [6.45, 7) is 7.58. The van der Waals surface area contributed by atoms with Gasteiger partial charge >= 0.3 is 0 Å². The standard InChI is InChI=1S/C12H20F2N2O/c1-8(16(5)7-10(13)14)11-15-6-9(17-11)12(2,3)4/h6,8,10H,7H2,1-5H3/t8-/m1/s1. The Morgan fingerprint density at radius 2 is 2.00 bits per heavy atom. The van der Waals surface area contributed by atoms with Gasteiger partial charge in [-0.25, -0.2) is 13.8 Å². The van der Waals surface area contributed by atoms with Gasteiger partial charge in [-0.2, -0.15) is 0 Å². The number of aromatic nitrogens is 1. The minimum absolute atomic E-state index is 0.119. The molecule has 0 radical (unpaired) electrons. The highest BCUT2D eigenvalue weighted by Gasteiger charge is 2.24. The zero-order valence-electron chi connectivity index (χ0n) is 11.0. The first kappa shape index (κ1) is 14.1. The second-order valence-corrected chi connectivity index (χ2v) is 5.32. The molecule has 1 aromatic rings. The largest absolute Gasteiger partial charge is 0.443 e. The lowest BCUT2D eigenvalue weighted by Gasteiger charge is -2.21. The maximum Gasteiger partial charge on any atom is 0.251 e. The number of halogens is 2. The van der Waals surface area contributed by atoms with Crippen LogP contribution in [0.15, 0.2) is 10.6 Å². The number of alkyl halides is 2. The normalized spacial score (nSPS) is 14.6. The molecular formula is C12H20F2N2O. The molecule has 0 saturated carbocycles. The highest BCUT2D eigenvalue weighted by molar-refractivity contribution is 5.07. The molecule has 0 bridgehead atoms. The summed E-state index contributed by atoms with van der Waals surface area (Å²) >= 11 is 0. The minimum atomic E-state index is -2.35. The number of hydrogen-bond acceptors (Lipinski definition) is 3. The SMILES string of the molecule is C[C@H](c1ncc(C(C)(C)C)o1)N(C)CC(F)F. The molecule has 0 aromatic carbocycles. The van der Waals surface area contributed by atoms with Crippen LogP contribution in [0.4, 0.5) is 8.78 Å². The molecule has 5 heteroatoms. The lowest BCUT2D eigenvalue weighted by molar-refractivity contribution is 0.0776. The molecule has 0 aliphatic heterocycles. The Morgan fingerprint density at radius 1 is 1.41 bits per heavy atom. The van der Waals surface area contributed by atoms with Crippen LogP contribution in [-0.2, 0) is 5.41 Å². The maximum absolute atomic E-state index is 12.3. The lowest BCUT2D eigenvalue weighted by Crippen LogP contribution is -2.27. The van der Waals surface area contributed by atoms with Crippen molar-refractivity contribution in [1.82, 2.24) is 9.88 Å². The number of rotatable bonds is 4. The van der Waals surface area contributed by atoms with E-state index < -0.39 is 6.43 Å². The first-order chi connectivity index (χ1) is 7.71. The van der Waals surface area contributed by atoms with Gasteiger partial charge in [-0.05, 0) is 14.0 Å². The van der Waals surface area contributed by atoms with Crippen LogP contribution in [0.1, 0.15) is 45.4 Å². The van der Waals surface area contributed by atoms with E-state index in [1.54, 1.807) is 20.2 Å². The van der Waals surface area contributed by atoms with Crippen molar-refractivity contribution in [3.8, 4) is 0 Å². The van der Waals surface area contributed by atoms with E-state index in [0.29, 0.717) is 5.89 Å². The van der Waals surface area contributed by atoms with E-state index in [0.717, 1.165) is 5.76 Å². The van der Waals surface area contributed by atoms with Gasteiger partial charge in [0.2, 0.25) is 5.89 Å². The molecule has 1 atom stereocenters. The molecule has 0 saturated heterocycles. The molecule has 98 valence electrons. The zero-order valence-corrected chi connectivity index (χ0v) is 11.0. The summed E-state index contributed by atoms with van der Waals surface area (Å²) in [7, 11) is 1.64. The van der Waals surface area contributed by atoms with E-state index in [4.69, 9.17) is 4.42 Å². The van der Waals surface area contributed by atoms with E-state index in [-0.39, 0.29) is 18.0 Å². The van der Waals surface area contributed by atoms with Gasteiger partial charge < -0.3 is 4.42 Å². The average Bonchev–Trinajstić information content (AvgIpc) is 2.63. The third kappa shape index (κ3) is 3.77. The average molecular weight is 246 g/mol. The van der Waals surface area contributed by atoms with E-state index in [2.05, 4.69) is 4.98 Å². The smallest absolute Gasteiger partial charge is 0.251 e. The summed E-state index contributed by atoms with van der Waals surface area (Å²) < 4.78 is 30.1. The summed E-state index contributed by atoms with van der Waals surface area (Å²) in [6, 6.07) is -0.250. The fourth-order valence-electron chi connectivity index (χ4n) is 1.39. The van der Waals surface area contributed by atoms with E-state index in [1.165, 1.54) is 4.90 Å². The Hall–Kier alpha value is -0.970. The van der Waals surface area contributed by atoms with Gasteiger partial charge in [0.25, 0.3) is 6.43 Å². The Kier molecular flexibility index (Phi) is 4.25. The van der Waals surface area contributed by atoms with E-state index >= 15 is 0 Å². The Balaban J connectivity index is 2.76. The van der Waals surface area contributed by atoms with Crippen LogP contribution in [0.2, 0.25) is 0 Å². The Labute approximate surface area is 101 Å². The Morgan fingerprint density at radius 3 is 2.41 bits per heavy atom. The van der Waals surface area contributed by atoms with Crippen LogP contribution >= 0.6 is 0 Å². The van der Waals surface area contributed by atoms with Crippen molar-refractivity contribution >= 4 is 0 Å². The molecule has 3 nitrogen and oxygen atoms in total. The van der Waals surface area contributed by atoms with Crippen LogP contribution < -0.4 is 0 Å². The molecule has 0 fully saturated rings. The van der Waals surface area contributed by atoms with Crippen LogP contribution in [0.5, 0.6) is 0 Å². The van der Waals surface area contributed by atoms with Crippen LogP contribution in [0.25, 0.3) is 0 Å². The molecule has 17 heavy (non-hydrogen) atoms. The zero-order chi connectivity index (χ0) is 13.2. The lowest BCUT2D eigenvalue weighted by atomic mass is 9.94. The van der Waals surface area contributed by atoms with Crippen molar-refractivity contribution < 1.29 is 13.2 Å². The van der Waals surface area contributed by atoms with Gasteiger partial charge in [0, 0.05) is 5.41 Å². The van der Waals surface area contributed by atoms with Gasteiger partial charge in [-0.1, -0.05) is 20.8 Å². The first-order valence-corrected chi connectivity index (χ1v) is 5.66. The second-order valence-electron chi connectivity index (χ2n) is 5.32. The predicted molar refractivity (Wildman–Crippen MR) is 62.3 cm³/mol. The van der Waals surface area contributed by atoms with E-state index in [1.807, 2.05) is 20.8 Å². The van der Waals surface area contributed by atoms with Crippen molar-refractivity contribution in [2.75, 3.05) is 13.6 Å². The quantitative estimate of drug-likeness (QED) is 0.816. The summed E-state index contributed by atoms with van der Waals surface area (Å²) in [6.07, 6.45) is -0.679. The summed E-state index contributed by atoms with van der Waals surface area (Å²) in [5, 5.41) is 0.